The topological polar surface area (TPSA) is 47.1 Å². The molecule has 0 spiro atoms. The van der Waals surface area contributed by atoms with Crippen molar-refractivity contribution in [1.29, 1.82) is 0 Å². The van der Waals surface area contributed by atoms with Crippen LogP contribution in [-0.4, -0.2) is 34.3 Å². The van der Waals surface area contributed by atoms with Crippen molar-refractivity contribution in [2.75, 3.05) is 19.6 Å². The molecule has 1 saturated heterocycles. The van der Waals surface area contributed by atoms with E-state index in [-0.39, 0.29) is 0 Å². The molecule has 1 fully saturated rings. The Morgan fingerprint density at radius 2 is 2.06 bits per heavy atom. The molecule has 2 N–H and O–H groups in total. The van der Waals surface area contributed by atoms with E-state index >= 15 is 0 Å². The number of hydrogen-bond acceptors (Lipinski definition) is 3. The molecule has 0 unspecified atom stereocenters. The standard InChI is InChI=1S/C13H24N4/c1-11-8-12(16(3)15-11)9-17-6-4-13(2,10-14)5-7-17/h8H,4-7,9-10,14H2,1-3H3. The predicted molar refractivity (Wildman–Crippen MR) is 69.6 cm³/mol. The fraction of sp³-hybridized carbons (Fsp3) is 0.769. The molecule has 2 rings (SSSR count). The number of aromatic nitrogens is 2. The summed E-state index contributed by atoms with van der Waals surface area (Å²) in [5.74, 6) is 0. The highest BCUT2D eigenvalue weighted by Gasteiger charge is 2.28. The van der Waals surface area contributed by atoms with Crippen LogP contribution in [0.25, 0.3) is 0 Å². The van der Waals surface area contributed by atoms with E-state index in [9.17, 15) is 0 Å². The highest BCUT2D eigenvalue weighted by Crippen LogP contribution is 2.29. The van der Waals surface area contributed by atoms with E-state index < -0.39 is 0 Å². The van der Waals surface area contributed by atoms with Crippen LogP contribution < -0.4 is 5.73 Å². The van der Waals surface area contributed by atoms with Crippen LogP contribution >= 0.6 is 0 Å². The normalized spacial score (nSPS) is 20.7. The van der Waals surface area contributed by atoms with Gasteiger partial charge in [-0.15, -0.1) is 0 Å². The number of piperidine rings is 1. The predicted octanol–water partition coefficient (Wildman–Crippen LogP) is 1.29. The second kappa shape index (κ2) is 4.78. The minimum absolute atomic E-state index is 0.360. The van der Waals surface area contributed by atoms with Crippen LogP contribution in [0, 0.1) is 12.3 Å². The summed E-state index contributed by atoms with van der Waals surface area (Å²) in [5.41, 5.74) is 8.60. The lowest BCUT2D eigenvalue weighted by Crippen LogP contribution is -2.42. The van der Waals surface area contributed by atoms with Crippen LogP contribution in [0.5, 0.6) is 0 Å². The highest BCUT2D eigenvalue weighted by molar-refractivity contribution is 5.08. The molecule has 0 aromatic carbocycles. The van der Waals surface area contributed by atoms with Crippen molar-refractivity contribution in [3.05, 3.63) is 17.5 Å². The minimum atomic E-state index is 0.360. The second-order valence-corrected chi connectivity index (χ2v) is 5.69. The van der Waals surface area contributed by atoms with Gasteiger partial charge in [0.1, 0.15) is 0 Å². The summed E-state index contributed by atoms with van der Waals surface area (Å²) in [7, 11) is 2.02. The van der Waals surface area contributed by atoms with Crippen molar-refractivity contribution < 1.29 is 0 Å². The van der Waals surface area contributed by atoms with Gasteiger partial charge in [0, 0.05) is 13.6 Å². The fourth-order valence-electron chi connectivity index (χ4n) is 2.50. The van der Waals surface area contributed by atoms with Gasteiger partial charge in [-0.2, -0.15) is 5.10 Å². The monoisotopic (exact) mass is 236 g/mol. The molecule has 1 aromatic heterocycles. The van der Waals surface area contributed by atoms with Gasteiger partial charge in [-0.05, 0) is 50.9 Å². The largest absolute Gasteiger partial charge is 0.330 e. The van der Waals surface area contributed by atoms with Gasteiger partial charge in [0.25, 0.3) is 0 Å². The van der Waals surface area contributed by atoms with Crippen LogP contribution in [0.15, 0.2) is 6.07 Å². The maximum absolute atomic E-state index is 5.83. The van der Waals surface area contributed by atoms with Gasteiger partial charge in [0.15, 0.2) is 0 Å². The Labute approximate surface area is 104 Å². The van der Waals surface area contributed by atoms with Crippen molar-refractivity contribution in [3.8, 4) is 0 Å². The summed E-state index contributed by atoms with van der Waals surface area (Å²) in [4.78, 5) is 2.51. The van der Waals surface area contributed by atoms with Gasteiger partial charge in [-0.1, -0.05) is 6.92 Å². The lowest BCUT2D eigenvalue weighted by atomic mass is 9.80. The third kappa shape index (κ3) is 2.87. The summed E-state index contributed by atoms with van der Waals surface area (Å²) >= 11 is 0. The zero-order valence-electron chi connectivity index (χ0n) is 11.2. The Kier molecular flexibility index (Phi) is 3.54. The summed E-state index contributed by atoms with van der Waals surface area (Å²) in [6.45, 7) is 8.48. The maximum atomic E-state index is 5.83. The van der Waals surface area contributed by atoms with Crippen molar-refractivity contribution in [2.45, 2.75) is 33.2 Å². The molecular weight excluding hydrogens is 212 g/mol. The first kappa shape index (κ1) is 12.6. The third-order valence-electron chi connectivity index (χ3n) is 4.04. The van der Waals surface area contributed by atoms with E-state index in [1.54, 1.807) is 0 Å². The maximum Gasteiger partial charge on any atom is 0.0597 e. The lowest BCUT2D eigenvalue weighted by Gasteiger charge is -2.38. The number of aryl methyl sites for hydroxylation is 2. The van der Waals surface area contributed by atoms with E-state index in [0.29, 0.717) is 5.41 Å². The summed E-state index contributed by atoms with van der Waals surface area (Å²) in [5, 5.41) is 4.39. The molecule has 1 aliphatic heterocycles. The molecule has 4 heteroatoms. The highest BCUT2D eigenvalue weighted by atomic mass is 15.3. The second-order valence-electron chi connectivity index (χ2n) is 5.69. The molecule has 0 atom stereocenters. The molecule has 0 amide bonds. The van der Waals surface area contributed by atoms with Crippen LogP contribution in [0.4, 0.5) is 0 Å². The van der Waals surface area contributed by atoms with Gasteiger partial charge in [-0.25, -0.2) is 0 Å². The first-order chi connectivity index (χ1) is 8.02. The Morgan fingerprint density at radius 1 is 1.41 bits per heavy atom. The molecule has 1 aliphatic rings. The van der Waals surface area contributed by atoms with E-state index in [4.69, 9.17) is 5.73 Å². The van der Waals surface area contributed by atoms with Crippen LogP contribution in [-0.2, 0) is 13.6 Å². The average molecular weight is 236 g/mol. The van der Waals surface area contributed by atoms with Crippen LogP contribution in [0.2, 0.25) is 0 Å². The molecule has 4 nitrogen and oxygen atoms in total. The SMILES string of the molecule is Cc1cc(CN2CCC(C)(CN)CC2)n(C)n1. The third-order valence-corrected chi connectivity index (χ3v) is 4.04. The van der Waals surface area contributed by atoms with E-state index in [1.165, 1.54) is 18.5 Å². The molecule has 96 valence electrons. The fourth-order valence-corrected chi connectivity index (χ4v) is 2.50. The van der Waals surface area contributed by atoms with E-state index in [1.807, 2.05) is 18.7 Å². The lowest BCUT2D eigenvalue weighted by molar-refractivity contribution is 0.117. The zero-order chi connectivity index (χ0) is 12.5. The number of nitrogens with zero attached hydrogens (tertiary/aromatic N) is 3. The van der Waals surface area contributed by atoms with Gasteiger partial charge < -0.3 is 5.73 Å². The van der Waals surface area contributed by atoms with E-state index in [0.717, 1.165) is 31.9 Å². The van der Waals surface area contributed by atoms with Crippen molar-refractivity contribution in [3.63, 3.8) is 0 Å². The molecule has 17 heavy (non-hydrogen) atoms. The smallest absolute Gasteiger partial charge is 0.0597 e. The van der Waals surface area contributed by atoms with Crippen LogP contribution in [0.1, 0.15) is 31.2 Å². The molecule has 0 saturated carbocycles. The Balaban J connectivity index is 1.92. The first-order valence-electron chi connectivity index (χ1n) is 6.44. The minimum Gasteiger partial charge on any atom is -0.330 e. The number of hydrogen-bond donors (Lipinski definition) is 1. The molecule has 2 heterocycles. The Morgan fingerprint density at radius 3 is 2.53 bits per heavy atom. The Bertz CT molecular complexity index is 375. The average Bonchev–Trinajstić information content (AvgIpc) is 2.61. The molecular formula is C13H24N4. The van der Waals surface area contributed by atoms with Gasteiger partial charge in [0.05, 0.1) is 11.4 Å². The molecule has 0 aliphatic carbocycles. The van der Waals surface area contributed by atoms with Gasteiger partial charge in [-0.3, -0.25) is 9.58 Å². The summed E-state index contributed by atoms with van der Waals surface area (Å²) in [6, 6.07) is 2.18. The Hall–Kier alpha value is -0.870. The quantitative estimate of drug-likeness (QED) is 0.860. The number of rotatable bonds is 3. The number of likely N-dealkylation sites (tertiary alicyclic amines) is 1. The summed E-state index contributed by atoms with van der Waals surface area (Å²) in [6.07, 6.45) is 2.42. The van der Waals surface area contributed by atoms with Gasteiger partial charge in [0.2, 0.25) is 0 Å². The van der Waals surface area contributed by atoms with Crippen molar-refractivity contribution >= 4 is 0 Å². The number of nitrogens with two attached hydrogens (primary N) is 1. The van der Waals surface area contributed by atoms with Crippen LogP contribution in [0.3, 0.4) is 0 Å². The molecule has 0 bridgehead atoms. The van der Waals surface area contributed by atoms with Crippen molar-refractivity contribution in [1.82, 2.24) is 14.7 Å². The summed E-state index contributed by atoms with van der Waals surface area (Å²) < 4.78 is 1.99. The van der Waals surface area contributed by atoms with Crippen molar-refractivity contribution in [2.24, 2.45) is 18.2 Å². The zero-order valence-corrected chi connectivity index (χ0v) is 11.2. The van der Waals surface area contributed by atoms with E-state index in [2.05, 4.69) is 23.0 Å². The first-order valence-corrected chi connectivity index (χ1v) is 6.44. The molecule has 0 radical (unpaired) electrons. The molecule has 1 aromatic rings. The van der Waals surface area contributed by atoms with Gasteiger partial charge >= 0.3 is 0 Å².